The van der Waals surface area contributed by atoms with Crippen LogP contribution in [0.2, 0.25) is 0 Å². The zero-order valence-electron chi connectivity index (χ0n) is 12.1. The van der Waals surface area contributed by atoms with Gasteiger partial charge in [0.15, 0.2) is 0 Å². The second-order valence-corrected chi connectivity index (χ2v) is 6.15. The van der Waals surface area contributed by atoms with Gasteiger partial charge in [-0.05, 0) is 30.4 Å². The molecule has 1 fully saturated rings. The number of hydrogen-bond donors (Lipinski definition) is 2. The van der Waals surface area contributed by atoms with E-state index in [0.717, 1.165) is 31.2 Å². The third-order valence-electron chi connectivity index (χ3n) is 4.59. The van der Waals surface area contributed by atoms with E-state index in [2.05, 4.69) is 0 Å². The fourth-order valence-electron chi connectivity index (χ4n) is 3.22. The summed E-state index contributed by atoms with van der Waals surface area (Å²) in [5.41, 5.74) is 6.80. The van der Waals surface area contributed by atoms with E-state index in [1.807, 2.05) is 19.9 Å². The number of halogens is 2. The second kappa shape index (κ2) is 5.68. The fourth-order valence-corrected chi connectivity index (χ4v) is 3.22. The SMILES string of the molecule is CC(C)c1cc(C(F)F)c(O)c(C2(CN)CCCC2)c1. The third kappa shape index (κ3) is 2.53. The maximum absolute atomic E-state index is 13.2. The predicted molar refractivity (Wildman–Crippen MR) is 76.4 cm³/mol. The fraction of sp³-hybridized carbons (Fsp3) is 0.625. The van der Waals surface area contributed by atoms with Gasteiger partial charge in [-0.3, -0.25) is 0 Å². The van der Waals surface area contributed by atoms with Crippen molar-refractivity contribution in [1.29, 1.82) is 0 Å². The molecule has 2 nitrogen and oxygen atoms in total. The molecule has 0 aliphatic heterocycles. The number of phenolic OH excluding ortho intramolecular Hbond substituents is 1. The Kier molecular flexibility index (Phi) is 4.33. The Morgan fingerprint density at radius 3 is 2.30 bits per heavy atom. The summed E-state index contributed by atoms with van der Waals surface area (Å²) in [4.78, 5) is 0. The molecule has 0 radical (unpaired) electrons. The van der Waals surface area contributed by atoms with Crippen LogP contribution in [0, 0.1) is 0 Å². The van der Waals surface area contributed by atoms with Crippen molar-refractivity contribution in [1.82, 2.24) is 0 Å². The van der Waals surface area contributed by atoms with E-state index in [0.29, 0.717) is 12.1 Å². The number of alkyl halides is 2. The van der Waals surface area contributed by atoms with Crippen molar-refractivity contribution >= 4 is 0 Å². The Morgan fingerprint density at radius 1 is 1.25 bits per heavy atom. The maximum Gasteiger partial charge on any atom is 0.267 e. The molecule has 3 N–H and O–H groups in total. The number of phenols is 1. The molecule has 0 amide bonds. The van der Waals surface area contributed by atoms with Crippen molar-refractivity contribution in [3.63, 3.8) is 0 Å². The first kappa shape index (κ1) is 15.2. The second-order valence-electron chi connectivity index (χ2n) is 6.15. The molecule has 112 valence electrons. The van der Waals surface area contributed by atoms with E-state index in [-0.39, 0.29) is 22.6 Å². The molecule has 2 rings (SSSR count). The lowest BCUT2D eigenvalue weighted by atomic mass is 9.76. The van der Waals surface area contributed by atoms with E-state index in [1.54, 1.807) is 0 Å². The molecule has 0 aromatic heterocycles. The van der Waals surface area contributed by atoms with Crippen molar-refractivity contribution in [2.45, 2.75) is 57.3 Å². The molecule has 20 heavy (non-hydrogen) atoms. The van der Waals surface area contributed by atoms with E-state index in [1.165, 1.54) is 6.07 Å². The Hall–Kier alpha value is -1.16. The molecule has 4 heteroatoms. The first-order valence-corrected chi connectivity index (χ1v) is 7.27. The molecule has 1 aliphatic rings. The summed E-state index contributed by atoms with van der Waals surface area (Å²) < 4.78 is 26.4. The van der Waals surface area contributed by atoms with Gasteiger partial charge in [0.1, 0.15) is 5.75 Å². The van der Waals surface area contributed by atoms with E-state index >= 15 is 0 Å². The molecule has 0 atom stereocenters. The van der Waals surface area contributed by atoms with Crippen molar-refractivity contribution in [3.05, 3.63) is 28.8 Å². The molecule has 0 bridgehead atoms. The summed E-state index contributed by atoms with van der Waals surface area (Å²) in [6, 6.07) is 3.30. The van der Waals surface area contributed by atoms with Crippen molar-refractivity contribution in [2.75, 3.05) is 6.54 Å². The van der Waals surface area contributed by atoms with Gasteiger partial charge in [-0.2, -0.15) is 0 Å². The third-order valence-corrected chi connectivity index (χ3v) is 4.59. The first-order chi connectivity index (χ1) is 9.41. The molecule has 0 heterocycles. The number of nitrogens with two attached hydrogens (primary N) is 1. The topological polar surface area (TPSA) is 46.2 Å². The number of aromatic hydroxyl groups is 1. The Labute approximate surface area is 119 Å². The highest BCUT2D eigenvalue weighted by molar-refractivity contribution is 5.49. The average molecular weight is 283 g/mol. The summed E-state index contributed by atoms with van der Waals surface area (Å²) in [5.74, 6) is -0.111. The van der Waals surface area contributed by atoms with E-state index in [4.69, 9.17) is 5.73 Å². The summed E-state index contributed by atoms with van der Waals surface area (Å²) in [7, 11) is 0. The van der Waals surface area contributed by atoms with Crippen LogP contribution in [0.25, 0.3) is 0 Å². The highest BCUT2D eigenvalue weighted by atomic mass is 19.3. The van der Waals surface area contributed by atoms with Crippen LogP contribution in [-0.4, -0.2) is 11.7 Å². The first-order valence-electron chi connectivity index (χ1n) is 7.27. The molecular weight excluding hydrogens is 260 g/mol. The molecule has 1 aromatic rings. The van der Waals surface area contributed by atoms with Crippen LogP contribution in [0.5, 0.6) is 5.75 Å². The van der Waals surface area contributed by atoms with Crippen LogP contribution in [0.3, 0.4) is 0 Å². The lowest BCUT2D eigenvalue weighted by Crippen LogP contribution is -2.32. The number of rotatable bonds is 4. The highest BCUT2D eigenvalue weighted by Crippen LogP contribution is 2.47. The zero-order chi connectivity index (χ0) is 14.9. The highest BCUT2D eigenvalue weighted by Gasteiger charge is 2.38. The molecular formula is C16H23F2NO. The maximum atomic E-state index is 13.2. The van der Waals surface area contributed by atoms with Gasteiger partial charge >= 0.3 is 0 Å². The molecule has 1 aromatic carbocycles. The summed E-state index contributed by atoms with van der Waals surface area (Å²) in [6.45, 7) is 4.33. The molecule has 0 spiro atoms. The van der Waals surface area contributed by atoms with Gasteiger partial charge in [0.2, 0.25) is 0 Å². The molecule has 1 saturated carbocycles. The Bertz CT molecular complexity index is 480. The normalized spacial score (nSPS) is 18.1. The summed E-state index contributed by atoms with van der Waals surface area (Å²) in [5, 5.41) is 10.3. The zero-order valence-corrected chi connectivity index (χ0v) is 12.1. The van der Waals surface area contributed by atoms with E-state index < -0.39 is 6.43 Å². The Morgan fingerprint density at radius 2 is 1.85 bits per heavy atom. The standard InChI is InChI=1S/C16H23F2NO/c1-10(2)11-7-12(15(17)18)14(20)13(8-11)16(9-19)5-3-4-6-16/h7-8,10,15,20H,3-6,9,19H2,1-2H3. The monoisotopic (exact) mass is 283 g/mol. The van der Waals surface area contributed by atoms with Crippen molar-refractivity contribution in [2.24, 2.45) is 5.73 Å². The minimum atomic E-state index is -2.66. The van der Waals surface area contributed by atoms with Gasteiger partial charge in [0.25, 0.3) is 6.43 Å². The van der Waals surface area contributed by atoms with Crippen LogP contribution in [0.1, 0.15) is 68.6 Å². The van der Waals surface area contributed by atoms with Gasteiger partial charge < -0.3 is 10.8 Å². The molecule has 1 aliphatic carbocycles. The largest absolute Gasteiger partial charge is 0.507 e. The van der Waals surface area contributed by atoms with Gasteiger partial charge in [-0.15, -0.1) is 0 Å². The van der Waals surface area contributed by atoms with Crippen LogP contribution >= 0.6 is 0 Å². The quantitative estimate of drug-likeness (QED) is 0.869. The minimum Gasteiger partial charge on any atom is -0.507 e. The van der Waals surface area contributed by atoms with Crippen molar-refractivity contribution in [3.8, 4) is 5.75 Å². The lowest BCUT2D eigenvalue weighted by molar-refractivity contribution is 0.146. The van der Waals surface area contributed by atoms with Gasteiger partial charge in [-0.1, -0.05) is 32.8 Å². The van der Waals surface area contributed by atoms with Gasteiger partial charge in [-0.25, -0.2) is 8.78 Å². The van der Waals surface area contributed by atoms with Crippen LogP contribution < -0.4 is 5.73 Å². The number of hydrogen-bond acceptors (Lipinski definition) is 2. The van der Waals surface area contributed by atoms with E-state index in [9.17, 15) is 13.9 Å². The average Bonchev–Trinajstić information content (AvgIpc) is 2.88. The lowest BCUT2D eigenvalue weighted by Gasteiger charge is -2.30. The Balaban J connectivity index is 2.61. The van der Waals surface area contributed by atoms with Crippen LogP contribution in [0.4, 0.5) is 8.78 Å². The van der Waals surface area contributed by atoms with Gasteiger partial charge in [0, 0.05) is 17.5 Å². The summed E-state index contributed by atoms with van der Waals surface area (Å²) in [6.07, 6.45) is 1.13. The summed E-state index contributed by atoms with van der Waals surface area (Å²) >= 11 is 0. The van der Waals surface area contributed by atoms with Crippen LogP contribution in [-0.2, 0) is 5.41 Å². The van der Waals surface area contributed by atoms with Gasteiger partial charge in [0.05, 0.1) is 5.56 Å². The number of benzene rings is 1. The molecule has 0 saturated heterocycles. The van der Waals surface area contributed by atoms with Crippen molar-refractivity contribution < 1.29 is 13.9 Å². The minimum absolute atomic E-state index is 0.142. The molecule has 0 unspecified atom stereocenters. The predicted octanol–water partition coefficient (Wildman–Crippen LogP) is 4.22. The van der Waals surface area contributed by atoms with Crippen LogP contribution in [0.15, 0.2) is 12.1 Å². The smallest absolute Gasteiger partial charge is 0.267 e.